The summed E-state index contributed by atoms with van der Waals surface area (Å²) in [4.78, 5) is 0. The van der Waals surface area contributed by atoms with Gasteiger partial charge < -0.3 is 14.7 Å². The van der Waals surface area contributed by atoms with Crippen LogP contribution in [-0.4, -0.2) is 24.7 Å². The maximum absolute atomic E-state index is 10.4. The molecular formula is C8H14N3O3S-. The fourth-order valence-electron chi connectivity index (χ4n) is 1.30. The van der Waals surface area contributed by atoms with E-state index in [0.717, 1.165) is 0 Å². The van der Waals surface area contributed by atoms with Crippen molar-refractivity contribution in [3.05, 3.63) is 11.8 Å². The molecule has 2 N–H and O–H groups in total. The smallest absolute Gasteiger partial charge is 0.233 e. The minimum Gasteiger partial charge on any atom is -0.772 e. The summed E-state index contributed by atoms with van der Waals surface area (Å²) in [5.74, 6) is 0.892. The van der Waals surface area contributed by atoms with Gasteiger partial charge >= 0.3 is 0 Å². The normalized spacial score (nSPS) is 17.3. The highest BCUT2D eigenvalue weighted by molar-refractivity contribution is 7.79. The molecule has 0 saturated heterocycles. The van der Waals surface area contributed by atoms with Crippen molar-refractivity contribution in [2.75, 3.05) is 5.75 Å². The first-order valence-corrected chi connectivity index (χ1v) is 5.85. The molecule has 0 radical (unpaired) electrons. The second-order valence-corrected chi connectivity index (χ2v) is 4.52. The summed E-state index contributed by atoms with van der Waals surface area (Å²) in [6.45, 7) is 3.50. The van der Waals surface area contributed by atoms with Crippen molar-refractivity contribution in [3.63, 3.8) is 0 Å². The van der Waals surface area contributed by atoms with E-state index in [1.165, 1.54) is 0 Å². The fourth-order valence-corrected chi connectivity index (χ4v) is 1.90. The van der Waals surface area contributed by atoms with Crippen LogP contribution in [0.15, 0.2) is 4.42 Å². The van der Waals surface area contributed by atoms with Crippen LogP contribution >= 0.6 is 0 Å². The zero-order chi connectivity index (χ0) is 11.4. The number of hydrogen-bond donors (Lipinski definition) is 1. The Morgan fingerprint density at radius 2 is 2.27 bits per heavy atom. The van der Waals surface area contributed by atoms with Crippen LogP contribution in [0.2, 0.25) is 0 Å². The summed E-state index contributed by atoms with van der Waals surface area (Å²) in [5, 5.41) is 7.44. The molecule has 86 valence electrons. The number of hydrogen-bond acceptors (Lipinski definition) is 6. The Balaban J connectivity index is 2.48. The predicted molar refractivity (Wildman–Crippen MR) is 53.5 cm³/mol. The minimum absolute atomic E-state index is 0.0226. The SMILES string of the molecule is Cc1nnc(C(N)CC(C)CS(=O)[O-])o1. The summed E-state index contributed by atoms with van der Waals surface area (Å²) in [6.07, 6.45) is 0.510. The maximum atomic E-state index is 10.4. The molecule has 15 heavy (non-hydrogen) atoms. The molecule has 0 aliphatic rings. The molecule has 0 amide bonds. The lowest BCUT2D eigenvalue weighted by Gasteiger charge is -2.15. The molecule has 1 aromatic heterocycles. The molecule has 3 unspecified atom stereocenters. The van der Waals surface area contributed by atoms with Crippen molar-refractivity contribution in [2.24, 2.45) is 11.7 Å². The van der Waals surface area contributed by atoms with Crippen LogP contribution in [0.25, 0.3) is 0 Å². The number of aromatic nitrogens is 2. The second kappa shape index (κ2) is 5.34. The van der Waals surface area contributed by atoms with Crippen LogP contribution in [0.1, 0.15) is 31.2 Å². The van der Waals surface area contributed by atoms with Crippen molar-refractivity contribution in [2.45, 2.75) is 26.3 Å². The van der Waals surface area contributed by atoms with E-state index in [1.807, 2.05) is 6.92 Å². The van der Waals surface area contributed by atoms with Crippen molar-refractivity contribution in [1.29, 1.82) is 0 Å². The van der Waals surface area contributed by atoms with E-state index in [1.54, 1.807) is 6.92 Å². The Morgan fingerprint density at radius 1 is 1.60 bits per heavy atom. The minimum atomic E-state index is -2.04. The van der Waals surface area contributed by atoms with Crippen LogP contribution in [0, 0.1) is 12.8 Å². The third-order valence-corrected chi connectivity index (χ3v) is 2.78. The molecule has 0 aromatic carbocycles. The van der Waals surface area contributed by atoms with Gasteiger partial charge in [0, 0.05) is 12.7 Å². The van der Waals surface area contributed by atoms with Crippen LogP contribution in [0.4, 0.5) is 0 Å². The van der Waals surface area contributed by atoms with Gasteiger partial charge in [-0.2, -0.15) is 0 Å². The molecule has 1 heterocycles. The summed E-state index contributed by atoms with van der Waals surface area (Å²) in [7, 11) is 0. The first kappa shape index (κ1) is 12.3. The Kier molecular flexibility index (Phi) is 4.37. The van der Waals surface area contributed by atoms with E-state index < -0.39 is 17.1 Å². The maximum Gasteiger partial charge on any atom is 0.233 e. The standard InChI is InChI=1S/C8H15N3O3S/c1-5(4-15(12)13)3-7(9)8-11-10-6(2)14-8/h5,7H,3-4,9H2,1-2H3,(H,12,13)/p-1. The molecule has 3 atom stereocenters. The zero-order valence-electron chi connectivity index (χ0n) is 8.67. The Bertz CT molecular complexity index is 342. The predicted octanol–water partition coefficient (Wildman–Crippen LogP) is 0.283. The first-order valence-electron chi connectivity index (χ1n) is 4.60. The van der Waals surface area contributed by atoms with Gasteiger partial charge in [0.25, 0.3) is 0 Å². The largest absolute Gasteiger partial charge is 0.772 e. The molecule has 0 aliphatic heterocycles. The zero-order valence-corrected chi connectivity index (χ0v) is 9.49. The molecule has 7 heteroatoms. The summed E-state index contributed by atoms with van der Waals surface area (Å²) in [5.41, 5.74) is 5.79. The first-order chi connectivity index (χ1) is 6.99. The van der Waals surface area contributed by atoms with Gasteiger partial charge in [0.2, 0.25) is 11.8 Å². The van der Waals surface area contributed by atoms with Gasteiger partial charge in [0.05, 0.1) is 6.04 Å². The van der Waals surface area contributed by atoms with Gasteiger partial charge in [-0.1, -0.05) is 18.0 Å². The molecule has 6 nitrogen and oxygen atoms in total. The molecular weight excluding hydrogens is 218 g/mol. The highest BCUT2D eigenvalue weighted by Crippen LogP contribution is 2.17. The summed E-state index contributed by atoms with van der Waals surface area (Å²) < 4.78 is 26.0. The van der Waals surface area contributed by atoms with Crippen LogP contribution in [-0.2, 0) is 11.1 Å². The highest BCUT2D eigenvalue weighted by Gasteiger charge is 2.16. The van der Waals surface area contributed by atoms with Gasteiger partial charge in [0.15, 0.2) is 0 Å². The summed E-state index contributed by atoms with van der Waals surface area (Å²) >= 11 is -2.04. The molecule has 0 spiro atoms. The summed E-state index contributed by atoms with van der Waals surface area (Å²) in [6, 6.07) is -0.398. The van der Waals surface area contributed by atoms with Crippen molar-refractivity contribution in [1.82, 2.24) is 10.2 Å². The lowest BCUT2D eigenvalue weighted by molar-refractivity contribution is 0.390. The number of nitrogens with two attached hydrogens (primary N) is 1. The Morgan fingerprint density at radius 3 is 2.73 bits per heavy atom. The lowest BCUT2D eigenvalue weighted by Crippen LogP contribution is -2.18. The van der Waals surface area contributed by atoms with E-state index in [2.05, 4.69) is 10.2 Å². The van der Waals surface area contributed by atoms with E-state index in [-0.39, 0.29) is 11.7 Å². The highest BCUT2D eigenvalue weighted by atomic mass is 32.2. The average molecular weight is 232 g/mol. The van der Waals surface area contributed by atoms with Crippen LogP contribution < -0.4 is 5.73 Å². The number of rotatable bonds is 5. The monoisotopic (exact) mass is 232 g/mol. The average Bonchev–Trinajstić information content (AvgIpc) is 2.49. The third kappa shape index (κ3) is 4.06. The van der Waals surface area contributed by atoms with Crippen molar-refractivity contribution >= 4 is 11.1 Å². The van der Waals surface area contributed by atoms with E-state index in [9.17, 15) is 8.76 Å². The van der Waals surface area contributed by atoms with Gasteiger partial charge in [-0.3, -0.25) is 4.21 Å². The molecule has 1 aromatic rings. The molecule has 0 aliphatic carbocycles. The Labute approximate surface area is 90.5 Å². The van der Waals surface area contributed by atoms with Crippen LogP contribution in [0.3, 0.4) is 0 Å². The fraction of sp³-hybridized carbons (Fsp3) is 0.750. The van der Waals surface area contributed by atoms with Gasteiger partial charge in [-0.25, -0.2) is 0 Å². The molecule has 1 rings (SSSR count). The number of nitrogens with zero attached hydrogens (tertiary/aromatic N) is 2. The third-order valence-electron chi connectivity index (χ3n) is 1.94. The Hall–Kier alpha value is -0.790. The number of aryl methyl sites for hydroxylation is 1. The van der Waals surface area contributed by atoms with Gasteiger partial charge in [-0.05, 0) is 12.3 Å². The van der Waals surface area contributed by atoms with Crippen LogP contribution in [0.5, 0.6) is 0 Å². The second-order valence-electron chi connectivity index (χ2n) is 3.58. The van der Waals surface area contributed by atoms with Gasteiger partial charge in [0.1, 0.15) is 0 Å². The molecule has 0 saturated carbocycles. The van der Waals surface area contributed by atoms with E-state index >= 15 is 0 Å². The molecule has 0 fully saturated rings. The quantitative estimate of drug-likeness (QED) is 0.731. The molecule has 0 bridgehead atoms. The van der Waals surface area contributed by atoms with E-state index in [0.29, 0.717) is 18.2 Å². The van der Waals surface area contributed by atoms with Gasteiger partial charge in [-0.15, -0.1) is 10.2 Å². The lowest BCUT2D eigenvalue weighted by atomic mass is 10.0. The van der Waals surface area contributed by atoms with Crippen molar-refractivity contribution < 1.29 is 13.2 Å². The van der Waals surface area contributed by atoms with E-state index in [4.69, 9.17) is 10.2 Å². The van der Waals surface area contributed by atoms with Crippen molar-refractivity contribution in [3.8, 4) is 0 Å². The topological polar surface area (TPSA) is 105 Å².